The van der Waals surface area contributed by atoms with Crippen molar-refractivity contribution >= 4 is 40.9 Å². The summed E-state index contributed by atoms with van der Waals surface area (Å²) in [6, 6.07) is 10.1. The lowest BCUT2D eigenvalue weighted by molar-refractivity contribution is 0.258. The zero-order valence-electron chi connectivity index (χ0n) is 14.2. The van der Waals surface area contributed by atoms with Crippen molar-refractivity contribution in [3.8, 4) is 0 Å². The Kier molecular flexibility index (Phi) is 7.74. The maximum Gasteiger partial charge on any atom is 0.306 e. The molecular formula is C19H27NOS3. The van der Waals surface area contributed by atoms with Gasteiger partial charge in [-0.15, -0.1) is 0 Å². The Morgan fingerprint density at radius 3 is 1.79 bits per heavy atom. The van der Waals surface area contributed by atoms with Crippen molar-refractivity contribution in [1.29, 1.82) is 0 Å². The summed E-state index contributed by atoms with van der Waals surface area (Å²) in [5.74, 6) is 0. The Labute approximate surface area is 159 Å². The van der Waals surface area contributed by atoms with Crippen molar-refractivity contribution in [3.63, 3.8) is 0 Å². The molecule has 0 N–H and O–H groups in total. The van der Waals surface area contributed by atoms with Gasteiger partial charge in [0.2, 0.25) is 0 Å². The third-order valence-electron chi connectivity index (χ3n) is 4.69. The van der Waals surface area contributed by atoms with Gasteiger partial charge in [0.15, 0.2) is 0 Å². The Bertz CT molecular complexity index is 479. The summed E-state index contributed by atoms with van der Waals surface area (Å²) in [5.41, 5.74) is 0. The molecule has 0 aromatic heterocycles. The minimum absolute atomic E-state index is 0.187. The van der Waals surface area contributed by atoms with E-state index in [1.165, 1.54) is 76.0 Å². The van der Waals surface area contributed by atoms with Crippen LogP contribution >= 0.6 is 35.7 Å². The molecule has 0 unspecified atom stereocenters. The number of thioether (sulfide) groups is 1. The number of benzene rings is 1. The molecule has 2 saturated carbocycles. The van der Waals surface area contributed by atoms with Crippen LogP contribution in [0.25, 0.3) is 0 Å². The van der Waals surface area contributed by atoms with Crippen LogP contribution in [0.3, 0.4) is 0 Å². The fourth-order valence-electron chi connectivity index (χ4n) is 3.35. The van der Waals surface area contributed by atoms with Crippen molar-refractivity contribution in [2.24, 2.45) is 0 Å². The fraction of sp³-hybridized carbons (Fsp3) is 0.632. The van der Waals surface area contributed by atoms with E-state index in [1.54, 1.807) is 0 Å². The summed E-state index contributed by atoms with van der Waals surface area (Å²) in [4.78, 5) is 13.9. The summed E-state index contributed by atoms with van der Waals surface area (Å²) in [6.07, 6.45) is 13.0. The van der Waals surface area contributed by atoms with E-state index in [1.807, 2.05) is 57.9 Å². The predicted octanol–water partition coefficient (Wildman–Crippen LogP) is 7.16. The number of nitrogens with zero attached hydrogens (tertiary/aromatic N) is 1. The second-order valence-corrected chi connectivity index (χ2v) is 10.4. The number of carbonyl (C=O) groups is 1. The van der Waals surface area contributed by atoms with Crippen LogP contribution in [-0.2, 0) is 0 Å². The zero-order chi connectivity index (χ0) is 16.6. The summed E-state index contributed by atoms with van der Waals surface area (Å²) in [7, 11) is 0. The Hall–Kier alpha value is -0.260. The lowest BCUT2D eigenvalue weighted by Gasteiger charge is -2.31. The quantitative estimate of drug-likeness (QED) is 0.398. The van der Waals surface area contributed by atoms with Gasteiger partial charge < -0.3 is 0 Å². The highest BCUT2D eigenvalue weighted by Crippen LogP contribution is 2.41. The third-order valence-corrected chi connectivity index (χ3v) is 8.56. The monoisotopic (exact) mass is 381 g/mol. The van der Waals surface area contributed by atoms with E-state index in [4.69, 9.17) is 0 Å². The Morgan fingerprint density at radius 1 is 0.792 bits per heavy atom. The van der Waals surface area contributed by atoms with E-state index in [0.29, 0.717) is 10.5 Å². The molecule has 1 amide bonds. The van der Waals surface area contributed by atoms with Gasteiger partial charge in [0.25, 0.3) is 0 Å². The van der Waals surface area contributed by atoms with E-state index in [-0.39, 0.29) is 5.24 Å². The molecule has 0 heterocycles. The molecule has 0 spiro atoms. The van der Waals surface area contributed by atoms with Gasteiger partial charge in [-0.3, -0.25) is 4.79 Å². The van der Waals surface area contributed by atoms with Crippen LogP contribution in [0, 0.1) is 0 Å². The molecule has 1 aromatic carbocycles. The van der Waals surface area contributed by atoms with Crippen LogP contribution in [0.1, 0.15) is 64.2 Å². The summed E-state index contributed by atoms with van der Waals surface area (Å²) < 4.78 is 2.03. The number of hydrogen-bond acceptors (Lipinski definition) is 4. The minimum atomic E-state index is 0.187. The molecule has 2 fully saturated rings. The van der Waals surface area contributed by atoms with E-state index in [9.17, 15) is 4.79 Å². The molecule has 0 saturated heterocycles. The molecule has 3 rings (SSSR count). The molecule has 0 aliphatic heterocycles. The van der Waals surface area contributed by atoms with Crippen LogP contribution in [0.4, 0.5) is 4.79 Å². The molecule has 1 aromatic rings. The van der Waals surface area contributed by atoms with Crippen LogP contribution in [0.2, 0.25) is 0 Å². The largest absolute Gasteiger partial charge is 0.306 e. The van der Waals surface area contributed by atoms with Crippen molar-refractivity contribution < 1.29 is 4.79 Å². The number of hydrogen-bond donors (Lipinski definition) is 0. The summed E-state index contributed by atoms with van der Waals surface area (Å²) >= 11 is 5.00. The molecule has 2 nitrogen and oxygen atoms in total. The van der Waals surface area contributed by atoms with Gasteiger partial charge in [-0.25, -0.2) is 3.71 Å². The molecule has 0 radical (unpaired) electrons. The van der Waals surface area contributed by atoms with Gasteiger partial charge in [0, 0.05) is 15.4 Å². The first-order chi connectivity index (χ1) is 11.8. The van der Waals surface area contributed by atoms with Gasteiger partial charge in [-0.05, 0) is 73.5 Å². The Balaban J connectivity index is 1.61. The first-order valence-corrected chi connectivity index (χ1v) is 11.7. The molecule has 5 heteroatoms. The van der Waals surface area contributed by atoms with Gasteiger partial charge in [0.05, 0.1) is 0 Å². The van der Waals surface area contributed by atoms with Crippen LogP contribution in [-0.4, -0.2) is 19.4 Å². The van der Waals surface area contributed by atoms with E-state index < -0.39 is 0 Å². The normalized spacial score (nSPS) is 20.0. The summed E-state index contributed by atoms with van der Waals surface area (Å²) in [5, 5.41) is 1.43. The molecule has 0 atom stereocenters. The first-order valence-electron chi connectivity index (χ1n) is 9.22. The van der Waals surface area contributed by atoms with Crippen molar-refractivity contribution in [1.82, 2.24) is 3.71 Å². The average molecular weight is 382 g/mol. The smallest absolute Gasteiger partial charge is 0.259 e. The third kappa shape index (κ3) is 5.92. The van der Waals surface area contributed by atoms with Crippen molar-refractivity contribution in [2.45, 2.75) is 79.6 Å². The highest BCUT2D eigenvalue weighted by Gasteiger charge is 2.27. The van der Waals surface area contributed by atoms with Crippen molar-refractivity contribution in [3.05, 3.63) is 30.3 Å². The van der Waals surface area contributed by atoms with Crippen molar-refractivity contribution in [2.75, 3.05) is 0 Å². The second kappa shape index (κ2) is 10.0. The number of carbonyl (C=O) groups excluding carboxylic acids is 1. The maximum absolute atomic E-state index is 12.9. The SMILES string of the molecule is O=C(Sc1ccccc1)N(SC1CCCCC1)SC1CCCCC1. The number of rotatable bonds is 5. The van der Waals surface area contributed by atoms with Crippen LogP contribution < -0.4 is 0 Å². The Morgan fingerprint density at radius 2 is 1.29 bits per heavy atom. The van der Waals surface area contributed by atoms with E-state index in [2.05, 4.69) is 0 Å². The molecular weight excluding hydrogens is 354 g/mol. The summed E-state index contributed by atoms with van der Waals surface area (Å²) in [6.45, 7) is 0. The van der Waals surface area contributed by atoms with E-state index >= 15 is 0 Å². The first kappa shape index (κ1) is 18.5. The van der Waals surface area contributed by atoms with Gasteiger partial charge >= 0.3 is 5.24 Å². The average Bonchev–Trinajstić information content (AvgIpc) is 2.64. The lowest BCUT2D eigenvalue weighted by Crippen LogP contribution is -2.23. The van der Waals surface area contributed by atoms with Gasteiger partial charge in [-0.1, -0.05) is 56.7 Å². The predicted molar refractivity (Wildman–Crippen MR) is 108 cm³/mol. The number of amides is 1. The standard InChI is InChI=1S/C19H27NOS3/c21-19(22-16-10-4-1-5-11-16)20(23-17-12-6-2-7-13-17)24-18-14-8-3-9-15-18/h1,4-5,10-11,17-18H,2-3,6-9,12-15H2. The molecule has 132 valence electrons. The van der Waals surface area contributed by atoms with Crippen LogP contribution in [0.15, 0.2) is 35.2 Å². The molecule has 24 heavy (non-hydrogen) atoms. The van der Waals surface area contributed by atoms with E-state index in [0.717, 1.165) is 4.90 Å². The second-order valence-electron chi connectivity index (χ2n) is 6.67. The van der Waals surface area contributed by atoms with Gasteiger partial charge in [0.1, 0.15) is 0 Å². The molecule has 2 aliphatic carbocycles. The maximum atomic E-state index is 12.9. The fourth-order valence-corrected chi connectivity index (χ4v) is 7.13. The minimum Gasteiger partial charge on any atom is -0.259 e. The highest BCUT2D eigenvalue weighted by atomic mass is 32.2. The topological polar surface area (TPSA) is 20.3 Å². The zero-order valence-corrected chi connectivity index (χ0v) is 16.6. The molecule has 2 aliphatic rings. The van der Waals surface area contributed by atoms with Crippen LogP contribution in [0.5, 0.6) is 0 Å². The molecule has 0 bridgehead atoms. The lowest BCUT2D eigenvalue weighted by atomic mass is 10.0. The van der Waals surface area contributed by atoms with Gasteiger partial charge in [-0.2, -0.15) is 0 Å². The highest BCUT2D eigenvalue weighted by molar-refractivity contribution is 8.20.